The van der Waals surface area contributed by atoms with Crippen LogP contribution in [0, 0.1) is 6.92 Å². The van der Waals surface area contributed by atoms with E-state index in [-0.39, 0.29) is 0 Å². The summed E-state index contributed by atoms with van der Waals surface area (Å²) < 4.78 is 2.01. The van der Waals surface area contributed by atoms with Crippen LogP contribution in [0.15, 0.2) is 48.5 Å². The van der Waals surface area contributed by atoms with E-state index in [1.807, 2.05) is 10.7 Å². The van der Waals surface area contributed by atoms with Gasteiger partial charge in [0.2, 0.25) is 0 Å². The van der Waals surface area contributed by atoms with Crippen molar-refractivity contribution in [2.24, 2.45) is 0 Å². The van der Waals surface area contributed by atoms with Crippen molar-refractivity contribution in [1.82, 2.24) is 20.1 Å². The first-order chi connectivity index (χ1) is 10.8. The van der Waals surface area contributed by atoms with E-state index in [0.717, 1.165) is 36.8 Å². The molecule has 4 nitrogen and oxygen atoms in total. The van der Waals surface area contributed by atoms with Crippen LogP contribution in [0.3, 0.4) is 0 Å². The van der Waals surface area contributed by atoms with Crippen molar-refractivity contribution in [2.45, 2.75) is 20.0 Å². The predicted molar refractivity (Wildman–Crippen MR) is 87.3 cm³/mol. The van der Waals surface area contributed by atoms with Crippen molar-refractivity contribution in [3.05, 3.63) is 59.9 Å². The van der Waals surface area contributed by atoms with Crippen molar-refractivity contribution in [1.29, 1.82) is 0 Å². The van der Waals surface area contributed by atoms with E-state index in [4.69, 9.17) is 4.98 Å². The third-order valence-corrected chi connectivity index (χ3v) is 4.19. The van der Waals surface area contributed by atoms with Crippen molar-refractivity contribution < 1.29 is 0 Å². The Morgan fingerprint density at radius 3 is 2.64 bits per heavy atom. The Labute approximate surface area is 129 Å². The minimum Gasteiger partial charge on any atom is -0.308 e. The number of fused-ring (bicyclic) bond motifs is 1. The van der Waals surface area contributed by atoms with E-state index in [9.17, 15) is 0 Å². The normalized spacial score (nSPS) is 13.9. The number of nitrogens with one attached hydrogen (secondary N) is 1. The van der Waals surface area contributed by atoms with Crippen LogP contribution in [0.2, 0.25) is 0 Å². The smallest absolute Gasteiger partial charge is 0.181 e. The van der Waals surface area contributed by atoms with Gasteiger partial charge in [0, 0.05) is 12.1 Å². The van der Waals surface area contributed by atoms with Crippen LogP contribution in [0.5, 0.6) is 0 Å². The summed E-state index contributed by atoms with van der Waals surface area (Å²) in [6, 6.07) is 16.8. The van der Waals surface area contributed by atoms with Crippen LogP contribution in [-0.4, -0.2) is 21.3 Å². The number of hydrogen-bond donors (Lipinski definition) is 1. The maximum Gasteiger partial charge on any atom is 0.181 e. The molecular weight excluding hydrogens is 272 g/mol. The molecule has 1 aliphatic heterocycles. The van der Waals surface area contributed by atoms with Crippen molar-refractivity contribution >= 4 is 0 Å². The Morgan fingerprint density at radius 1 is 1.00 bits per heavy atom. The zero-order chi connectivity index (χ0) is 14.9. The van der Waals surface area contributed by atoms with Crippen LogP contribution >= 0.6 is 0 Å². The third kappa shape index (κ3) is 2.22. The third-order valence-electron chi connectivity index (χ3n) is 4.19. The summed E-state index contributed by atoms with van der Waals surface area (Å²) in [5.74, 6) is 1.85. The van der Waals surface area contributed by atoms with Crippen molar-refractivity contribution in [3.63, 3.8) is 0 Å². The molecule has 4 heteroatoms. The van der Waals surface area contributed by atoms with Gasteiger partial charge in [-0.3, -0.25) is 0 Å². The summed E-state index contributed by atoms with van der Waals surface area (Å²) in [7, 11) is 0. The summed E-state index contributed by atoms with van der Waals surface area (Å²) in [6.45, 7) is 4.79. The lowest BCUT2D eigenvalue weighted by atomic mass is 9.96. The van der Waals surface area contributed by atoms with Gasteiger partial charge in [0.15, 0.2) is 5.82 Å². The summed E-state index contributed by atoms with van der Waals surface area (Å²) in [4.78, 5) is 4.71. The molecule has 1 N–H and O–H groups in total. The maximum absolute atomic E-state index is 4.71. The largest absolute Gasteiger partial charge is 0.308 e. The van der Waals surface area contributed by atoms with E-state index in [1.54, 1.807) is 0 Å². The van der Waals surface area contributed by atoms with Crippen molar-refractivity contribution in [3.8, 4) is 22.5 Å². The van der Waals surface area contributed by atoms with E-state index >= 15 is 0 Å². The molecule has 0 radical (unpaired) electrons. The lowest BCUT2D eigenvalue weighted by Gasteiger charge is -2.11. The van der Waals surface area contributed by atoms with Gasteiger partial charge in [-0.05, 0) is 23.6 Å². The highest BCUT2D eigenvalue weighted by Crippen LogP contribution is 2.30. The molecule has 0 bridgehead atoms. The molecule has 0 saturated heterocycles. The molecule has 2 heterocycles. The molecule has 1 aromatic heterocycles. The molecule has 22 heavy (non-hydrogen) atoms. The first-order valence-electron chi connectivity index (χ1n) is 7.63. The lowest BCUT2D eigenvalue weighted by Crippen LogP contribution is -2.28. The lowest BCUT2D eigenvalue weighted by molar-refractivity contribution is 0.469. The fourth-order valence-corrected chi connectivity index (χ4v) is 2.99. The van der Waals surface area contributed by atoms with E-state index in [2.05, 4.69) is 59.8 Å². The number of rotatable bonds is 2. The Kier molecular flexibility index (Phi) is 3.24. The van der Waals surface area contributed by atoms with E-state index in [1.165, 1.54) is 16.7 Å². The topological polar surface area (TPSA) is 42.7 Å². The molecular formula is C18H18N4. The Morgan fingerprint density at radius 2 is 1.82 bits per heavy atom. The Hall–Kier alpha value is -2.46. The van der Waals surface area contributed by atoms with Crippen molar-refractivity contribution in [2.75, 3.05) is 6.54 Å². The molecule has 110 valence electrons. The van der Waals surface area contributed by atoms with Gasteiger partial charge in [0.25, 0.3) is 0 Å². The first-order valence-corrected chi connectivity index (χ1v) is 7.63. The first kappa shape index (κ1) is 13.2. The predicted octanol–water partition coefficient (Wildman–Crippen LogP) is 3.02. The summed E-state index contributed by atoms with van der Waals surface area (Å²) in [6.07, 6.45) is 0. The highest BCUT2D eigenvalue weighted by atomic mass is 15.4. The second-order valence-corrected chi connectivity index (χ2v) is 5.60. The Balaban J connectivity index is 1.81. The van der Waals surface area contributed by atoms with Gasteiger partial charge in [0.1, 0.15) is 5.82 Å². The highest BCUT2D eigenvalue weighted by molar-refractivity contribution is 5.75. The summed E-state index contributed by atoms with van der Waals surface area (Å²) in [5.41, 5.74) is 4.81. The highest BCUT2D eigenvalue weighted by Gasteiger charge is 2.16. The van der Waals surface area contributed by atoms with Gasteiger partial charge in [-0.15, -0.1) is 0 Å². The Bertz CT molecular complexity index is 782. The van der Waals surface area contributed by atoms with Crippen LogP contribution in [0.1, 0.15) is 11.4 Å². The molecule has 3 aromatic rings. The number of nitrogens with zero attached hydrogens (tertiary/aromatic N) is 3. The van der Waals surface area contributed by atoms with Crippen LogP contribution in [-0.2, 0) is 13.1 Å². The van der Waals surface area contributed by atoms with Crippen LogP contribution in [0.25, 0.3) is 22.5 Å². The average molecular weight is 290 g/mol. The minimum atomic E-state index is 0.796. The van der Waals surface area contributed by atoms with E-state index in [0.29, 0.717) is 0 Å². The number of benzene rings is 2. The molecule has 0 atom stereocenters. The zero-order valence-electron chi connectivity index (χ0n) is 12.6. The van der Waals surface area contributed by atoms with Gasteiger partial charge in [0.05, 0.1) is 13.1 Å². The maximum atomic E-state index is 4.71. The molecule has 0 spiro atoms. The fraction of sp³-hybridized carbons (Fsp3) is 0.222. The molecule has 0 aliphatic carbocycles. The van der Waals surface area contributed by atoms with Gasteiger partial charge in [-0.1, -0.05) is 48.5 Å². The van der Waals surface area contributed by atoms with Gasteiger partial charge in [-0.2, -0.15) is 5.10 Å². The zero-order valence-corrected chi connectivity index (χ0v) is 12.6. The molecule has 0 unspecified atom stereocenters. The molecule has 4 rings (SSSR count). The van der Waals surface area contributed by atoms with Gasteiger partial charge >= 0.3 is 0 Å². The summed E-state index contributed by atoms with van der Waals surface area (Å²) >= 11 is 0. The molecule has 2 aromatic carbocycles. The standard InChI is InChI=1S/C18H18N4/c1-13-15(14-6-3-2-4-7-14)8-5-9-16(13)18-20-17-12-19-10-11-22(17)21-18/h2-9,19H,10-12H2,1H3. The minimum absolute atomic E-state index is 0.796. The monoisotopic (exact) mass is 290 g/mol. The van der Waals surface area contributed by atoms with E-state index < -0.39 is 0 Å². The SMILES string of the molecule is Cc1c(-c2ccccc2)cccc1-c1nc2n(n1)CCNC2. The van der Waals surface area contributed by atoms with Gasteiger partial charge < -0.3 is 5.32 Å². The second kappa shape index (κ2) is 5.39. The van der Waals surface area contributed by atoms with Crippen LogP contribution in [0.4, 0.5) is 0 Å². The quantitative estimate of drug-likeness (QED) is 0.789. The average Bonchev–Trinajstić information content (AvgIpc) is 2.99. The molecule has 1 aliphatic rings. The summed E-state index contributed by atoms with van der Waals surface area (Å²) in [5, 5.41) is 8.02. The number of aromatic nitrogens is 3. The van der Waals surface area contributed by atoms with Crippen LogP contribution < -0.4 is 5.32 Å². The molecule has 0 saturated carbocycles. The van der Waals surface area contributed by atoms with Gasteiger partial charge in [-0.25, -0.2) is 9.67 Å². The fourth-order valence-electron chi connectivity index (χ4n) is 2.99. The molecule has 0 amide bonds. The second-order valence-electron chi connectivity index (χ2n) is 5.60. The number of hydrogen-bond acceptors (Lipinski definition) is 3. The molecule has 0 fully saturated rings.